The molecule has 0 radical (unpaired) electrons. The summed E-state index contributed by atoms with van der Waals surface area (Å²) in [4.78, 5) is 35.2. The topological polar surface area (TPSA) is 84.9 Å². The van der Waals surface area contributed by atoms with Crippen molar-refractivity contribution in [3.63, 3.8) is 0 Å². The maximum absolute atomic E-state index is 11.9. The molecule has 0 aromatic heterocycles. The highest BCUT2D eigenvalue weighted by molar-refractivity contribution is 7.81. The lowest BCUT2D eigenvalue weighted by molar-refractivity contribution is -0.139. The number of ether oxygens (including phenoxy) is 2. The maximum Gasteiger partial charge on any atom is 0.232 e. The molecule has 8 heteroatoms. The minimum Gasteiger partial charge on any atom is -0.374 e. The standard InChI is InChI=1S/C18H32N2O5S/c1-13-12-15(22)20(16(13)23)9-6-18(5,26)25-10-7-17(3,4)24-11-8-19-14(2)21/h13,26H,6-12H2,1-5H3,(H,19,21). The van der Waals surface area contributed by atoms with Crippen molar-refractivity contribution in [1.82, 2.24) is 10.2 Å². The van der Waals surface area contributed by atoms with E-state index in [2.05, 4.69) is 17.9 Å². The maximum atomic E-state index is 11.9. The van der Waals surface area contributed by atoms with Crippen LogP contribution in [0.15, 0.2) is 0 Å². The molecule has 3 amide bonds. The van der Waals surface area contributed by atoms with E-state index < -0.39 is 10.5 Å². The van der Waals surface area contributed by atoms with E-state index in [1.54, 1.807) is 6.92 Å². The second-order valence-electron chi connectivity index (χ2n) is 7.60. The number of imide groups is 1. The van der Waals surface area contributed by atoms with Crippen molar-refractivity contribution in [1.29, 1.82) is 0 Å². The van der Waals surface area contributed by atoms with Crippen molar-refractivity contribution in [2.45, 2.75) is 64.4 Å². The average molecular weight is 389 g/mol. The largest absolute Gasteiger partial charge is 0.374 e. The molecule has 2 unspecified atom stereocenters. The van der Waals surface area contributed by atoms with E-state index in [1.807, 2.05) is 20.8 Å². The van der Waals surface area contributed by atoms with E-state index in [0.717, 1.165) is 0 Å². The summed E-state index contributed by atoms with van der Waals surface area (Å²) in [7, 11) is 0. The molecule has 150 valence electrons. The number of hydrogen-bond acceptors (Lipinski definition) is 6. The Morgan fingerprint density at radius 2 is 1.88 bits per heavy atom. The SMILES string of the molecule is CC(=O)NCCOC(C)(C)CCOC(C)(S)CCN1C(=O)CC(C)C1=O. The Morgan fingerprint density at radius 3 is 2.42 bits per heavy atom. The van der Waals surface area contributed by atoms with Gasteiger partial charge in [0.05, 0.1) is 18.8 Å². The molecule has 2 atom stereocenters. The first kappa shape index (κ1) is 22.9. The van der Waals surface area contributed by atoms with E-state index in [1.165, 1.54) is 11.8 Å². The monoisotopic (exact) mass is 388 g/mol. The van der Waals surface area contributed by atoms with Crippen LogP contribution in [-0.2, 0) is 23.9 Å². The third-order valence-electron chi connectivity index (χ3n) is 4.35. The highest BCUT2D eigenvalue weighted by Crippen LogP contribution is 2.26. The Bertz CT molecular complexity index is 522. The number of rotatable bonds is 11. The van der Waals surface area contributed by atoms with Gasteiger partial charge in [0.2, 0.25) is 17.7 Å². The lowest BCUT2D eigenvalue weighted by atomic mass is 10.1. The van der Waals surface area contributed by atoms with Crippen LogP contribution >= 0.6 is 12.6 Å². The Labute approximate surface area is 161 Å². The second kappa shape index (κ2) is 9.71. The first-order valence-electron chi connectivity index (χ1n) is 9.02. The van der Waals surface area contributed by atoms with Gasteiger partial charge in [0.15, 0.2) is 0 Å². The molecule has 1 aliphatic rings. The number of amides is 3. The lowest BCUT2D eigenvalue weighted by Gasteiger charge is -2.30. The molecule has 26 heavy (non-hydrogen) atoms. The molecule has 1 aliphatic heterocycles. The van der Waals surface area contributed by atoms with Crippen molar-refractivity contribution < 1.29 is 23.9 Å². The van der Waals surface area contributed by atoms with Crippen LogP contribution < -0.4 is 5.32 Å². The zero-order valence-corrected chi connectivity index (χ0v) is 17.4. The van der Waals surface area contributed by atoms with Gasteiger partial charge in [0.25, 0.3) is 0 Å². The van der Waals surface area contributed by atoms with Crippen molar-refractivity contribution in [2.24, 2.45) is 5.92 Å². The van der Waals surface area contributed by atoms with Gasteiger partial charge in [-0.05, 0) is 27.2 Å². The second-order valence-corrected chi connectivity index (χ2v) is 8.55. The molecule has 0 spiro atoms. The Morgan fingerprint density at radius 1 is 1.23 bits per heavy atom. The molecule has 7 nitrogen and oxygen atoms in total. The van der Waals surface area contributed by atoms with Crippen molar-refractivity contribution in [3.05, 3.63) is 0 Å². The summed E-state index contributed by atoms with van der Waals surface area (Å²) in [5.41, 5.74) is -0.390. The summed E-state index contributed by atoms with van der Waals surface area (Å²) in [6.45, 7) is 10.6. The van der Waals surface area contributed by atoms with Crippen LogP contribution in [0.5, 0.6) is 0 Å². The number of hydrogen-bond donors (Lipinski definition) is 2. The highest BCUT2D eigenvalue weighted by atomic mass is 32.1. The molecule has 1 saturated heterocycles. The molecule has 1 heterocycles. The van der Waals surface area contributed by atoms with Gasteiger partial charge >= 0.3 is 0 Å². The van der Waals surface area contributed by atoms with E-state index >= 15 is 0 Å². The summed E-state index contributed by atoms with van der Waals surface area (Å²) in [6, 6.07) is 0. The number of thiol groups is 1. The number of nitrogens with one attached hydrogen (secondary N) is 1. The fourth-order valence-electron chi connectivity index (χ4n) is 2.62. The molecule has 0 aromatic rings. The number of carbonyl (C=O) groups is 3. The summed E-state index contributed by atoms with van der Waals surface area (Å²) in [5, 5.41) is 2.69. The number of likely N-dealkylation sites (tertiary alicyclic amines) is 1. The zero-order chi connectivity index (χ0) is 20.0. The summed E-state index contributed by atoms with van der Waals surface area (Å²) in [6.07, 6.45) is 1.40. The van der Waals surface area contributed by atoms with E-state index in [4.69, 9.17) is 9.47 Å². The quantitative estimate of drug-likeness (QED) is 0.244. The van der Waals surface area contributed by atoms with Gasteiger partial charge in [-0.1, -0.05) is 6.92 Å². The van der Waals surface area contributed by atoms with Gasteiger partial charge in [-0.25, -0.2) is 0 Å². The van der Waals surface area contributed by atoms with Gasteiger partial charge in [-0.2, -0.15) is 0 Å². The van der Waals surface area contributed by atoms with Crippen LogP contribution in [0.25, 0.3) is 0 Å². The summed E-state index contributed by atoms with van der Waals surface area (Å²) < 4.78 is 11.6. The lowest BCUT2D eigenvalue weighted by Crippen LogP contribution is -2.37. The fraction of sp³-hybridized carbons (Fsp3) is 0.833. The molecule has 1 N–H and O–H groups in total. The fourth-order valence-corrected chi connectivity index (χ4v) is 2.81. The minimum atomic E-state index is -0.737. The minimum absolute atomic E-state index is 0.0788. The average Bonchev–Trinajstić information content (AvgIpc) is 2.74. The van der Waals surface area contributed by atoms with Crippen LogP contribution in [0.2, 0.25) is 0 Å². The van der Waals surface area contributed by atoms with Crippen LogP contribution in [-0.4, -0.2) is 59.5 Å². The molecule has 0 aliphatic carbocycles. The highest BCUT2D eigenvalue weighted by Gasteiger charge is 2.36. The first-order valence-corrected chi connectivity index (χ1v) is 9.47. The zero-order valence-electron chi connectivity index (χ0n) is 16.5. The van der Waals surface area contributed by atoms with Crippen molar-refractivity contribution >= 4 is 30.4 Å². The molecule has 1 fully saturated rings. The van der Waals surface area contributed by atoms with Gasteiger partial charge < -0.3 is 14.8 Å². The molecule has 0 bridgehead atoms. The van der Waals surface area contributed by atoms with Crippen LogP contribution in [0, 0.1) is 5.92 Å². The van der Waals surface area contributed by atoms with Crippen molar-refractivity contribution in [3.8, 4) is 0 Å². The molecule has 0 saturated carbocycles. The van der Waals surface area contributed by atoms with Gasteiger partial charge in [0, 0.05) is 38.8 Å². The molecule has 1 rings (SSSR count). The van der Waals surface area contributed by atoms with Gasteiger partial charge in [-0.3, -0.25) is 19.3 Å². The molecular weight excluding hydrogens is 356 g/mol. The van der Waals surface area contributed by atoms with E-state index in [-0.39, 0.29) is 30.1 Å². The first-order chi connectivity index (χ1) is 11.9. The predicted octanol–water partition coefficient (Wildman–Crippen LogP) is 1.76. The van der Waals surface area contributed by atoms with Crippen LogP contribution in [0.1, 0.15) is 53.9 Å². The Kier molecular flexibility index (Phi) is 8.56. The summed E-state index contributed by atoms with van der Waals surface area (Å²) in [5.74, 6) is -0.553. The Hall–Kier alpha value is -1.12. The third kappa shape index (κ3) is 8.05. The van der Waals surface area contributed by atoms with Gasteiger partial charge in [-0.15, -0.1) is 12.6 Å². The normalized spacial score (nSPS) is 20.4. The van der Waals surface area contributed by atoms with E-state index in [9.17, 15) is 14.4 Å². The van der Waals surface area contributed by atoms with Crippen molar-refractivity contribution in [2.75, 3.05) is 26.3 Å². The smallest absolute Gasteiger partial charge is 0.232 e. The number of nitrogens with zero attached hydrogens (tertiary/aromatic N) is 1. The Balaban J connectivity index is 2.30. The van der Waals surface area contributed by atoms with Crippen LogP contribution in [0.4, 0.5) is 0 Å². The van der Waals surface area contributed by atoms with Gasteiger partial charge in [0.1, 0.15) is 4.93 Å². The molecular formula is C18H32N2O5S. The van der Waals surface area contributed by atoms with Crippen LogP contribution in [0.3, 0.4) is 0 Å². The summed E-state index contributed by atoms with van der Waals surface area (Å²) >= 11 is 4.52. The molecule has 0 aromatic carbocycles. The number of carbonyl (C=O) groups excluding carboxylic acids is 3. The van der Waals surface area contributed by atoms with E-state index in [0.29, 0.717) is 39.1 Å². The predicted molar refractivity (Wildman–Crippen MR) is 102 cm³/mol. The third-order valence-corrected chi connectivity index (χ3v) is 4.71.